The van der Waals surface area contributed by atoms with E-state index in [9.17, 15) is 10.2 Å². The molecule has 0 fully saturated rings. The van der Waals surface area contributed by atoms with E-state index in [1.165, 1.54) is 9.36 Å². The second-order valence-electron chi connectivity index (χ2n) is 6.57. The number of aromatic nitrogens is 4. The van der Waals surface area contributed by atoms with Crippen molar-refractivity contribution in [1.82, 2.24) is 10.5 Å². The van der Waals surface area contributed by atoms with Gasteiger partial charge in [-0.1, -0.05) is 35.3 Å². The van der Waals surface area contributed by atoms with E-state index in [0.29, 0.717) is 21.4 Å². The fraction of sp³-hybridized carbons (Fsp3) is 0.100. The van der Waals surface area contributed by atoms with E-state index in [1.54, 1.807) is 62.4 Å². The van der Waals surface area contributed by atoms with Gasteiger partial charge in [-0.2, -0.15) is 0 Å². The van der Waals surface area contributed by atoms with Crippen molar-refractivity contribution >= 4 is 34.6 Å². The Morgan fingerprint density at radius 1 is 0.781 bits per heavy atom. The molecule has 0 saturated carbocycles. The lowest BCUT2D eigenvalue weighted by Gasteiger charge is -1.99. The van der Waals surface area contributed by atoms with Crippen LogP contribution in [0.1, 0.15) is 25.2 Å². The second kappa shape index (κ2) is 8.77. The Labute approximate surface area is 191 Å². The van der Waals surface area contributed by atoms with Crippen molar-refractivity contribution in [3.8, 4) is 23.3 Å². The molecule has 4 aromatic rings. The molecule has 12 heteroatoms. The average molecular weight is 473 g/mol. The minimum absolute atomic E-state index is 0.0548. The van der Waals surface area contributed by atoms with Crippen LogP contribution in [0.25, 0.3) is 11.4 Å². The molecule has 2 aromatic carbocycles. The van der Waals surface area contributed by atoms with Crippen molar-refractivity contribution in [2.24, 2.45) is 10.2 Å². The molecular formula is C20H14Cl2N6O4. The highest BCUT2D eigenvalue weighted by molar-refractivity contribution is 6.31. The first-order valence-corrected chi connectivity index (χ1v) is 9.90. The molecule has 0 aliphatic heterocycles. The Morgan fingerprint density at radius 3 is 1.56 bits per heavy atom. The van der Waals surface area contributed by atoms with Crippen LogP contribution in [0.4, 0.5) is 0 Å². The van der Waals surface area contributed by atoms with Gasteiger partial charge in [0.25, 0.3) is 11.4 Å². The van der Waals surface area contributed by atoms with Crippen molar-refractivity contribution in [2.75, 3.05) is 0 Å². The lowest BCUT2D eigenvalue weighted by Crippen LogP contribution is -2.39. The lowest BCUT2D eigenvalue weighted by molar-refractivity contribution is -0.671. The third kappa shape index (κ3) is 4.18. The molecule has 4 rings (SSSR count). The van der Waals surface area contributed by atoms with Crippen molar-refractivity contribution in [2.45, 2.75) is 13.8 Å². The molecule has 0 N–H and O–H groups in total. The summed E-state index contributed by atoms with van der Waals surface area (Å²) in [4.78, 5) is 0. The fourth-order valence-corrected chi connectivity index (χ4v) is 3.28. The van der Waals surface area contributed by atoms with Gasteiger partial charge in [0.05, 0.1) is 10.5 Å². The van der Waals surface area contributed by atoms with Crippen LogP contribution in [0.15, 0.2) is 67.8 Å². The zero-order valence-electron chi connectivity index (χ0n) is 16.7. The molecule has 0 aliphatic carbocycles. The number of nitrogens with zero attached hydrogens (tertiary/aromatic N) is 6. The second-order valence-corrected chi connectivity index (χ2v) is 7.45. The first-order valence-electron chi connectivity index (χ1n) is 9.14. The predicted molar refractivity (Wildman–Crippen MR) is 109 cm³/mol. The number of hydrogen-bond acceptors (Lipinski definition) is 8. The Hall–Kier alpha value is -3.76. The maximum Gasteiger partial charge on any atom is 0.286 e. The summed E-state index contributed by atoms with van der Waals surface area (Å²) >= 11 is 12.1. The summed E-state index contributed by atoms with van der Waals surface area (Å²) in [5.74, 6) is -1.41. The summed E-state index contributed by atoms with van der Waals surface area (Å²) in [7, 11) is 0. The zero-order valence-corrected chi connectivity index (χ0v) is 18.2. The third-order valence-corrected chi connectivity index (χ3v) is 4.83. The van der Waals surface area contributed by atoms with Gasteiger partial charge in [-0.25, -0.2) is 0 Å². The molecular weight excluding hydrogens is 459 g/mol. The Morgan fingerprint density at radius 2 is 1.19 bits per heavy atom. The van der Waals surface area contributed by atoms with Crippen molar-refractivity contribution in [3.05, 3.63) is 70.0 Å². The molecule has 2 aromatic heterocycles. The van der Waals surface area contributed by atoms with E-state index in [0.717, 1.165) is 0 Å². The maximum atomic E-state index is 12.2. The molecule has 2 heterocycles. The molecule has 0 atom stereocenters. The lowest BCUT2D eigenvalue weighted by atomic mass is 10.2. The summed E-state index contributed by atoms with van der Waals surface area (Å²) in [6.45, 7) is 3.12. The van der Waals surface area contributed by atoms with Gasteiger partial charge in [0, 0.05) is 34.3 Å². The van der Waals surface area contributed by atoms with Crippen LogP contribution in [0, 0.1) is 0 Å². The highest BCUT2D eigenvalue weighted by Crippen LogP contribution is 2.17. The Bertz CT molecular complexity index is 1260. The van der Waals surface area contributed by atoms with E-state index in [1.807, 2.05) is 0 Å². The Balaban J connectivity index is 1.72. The summed E-state index contributed by atoms with van der Waals surface area (Å²) in [6, 6.07) is 13.4. The minimum atomic E-state index is -0.706. The zero-order chi connectivity index (χ0) is 22.8. The fourth-order valence-electron chi connectivity index (χ4n) is 2.91. The van der Waals surface area contributed by atoms with Gasteiger partial charge in [0.2, 0.25) is 11.4 Å². The van der Waals surface area contributed by atoms with E-state index < -0.39 is 11.9 Å². The molecule has 32 heavy (non-hydrogen) atoms. The van der Waals surface area contributed by atoms with Crippen LogP contribution in [0.2, 0.25) is 10.0 Å². The van der Waals surface area contributed by atoms with Gasteiger partial charge in [0.15, 0.2) is 11.9 Å². The minimum Gasteiger partial charge on any atom is -0.539 e. The maximum absolute atomic E-state index is 12.2. The number of benzene rings is 2. The summed E-state index contributed by atoms with van der Waals surface area (Å²) in [5.41, 5.74) is 1.53. The normalized spacial score (nSPS) is 12.4. The third-order valence-electron chi connectivity index (χ3n) is 4.36. The van der Waals surface area contributed by atoms with E-state index in [4.69, 9.17) is 32.2 Å². The average Bonchev–Trinajstić information content (AvgIpc) is 3.34. The van der Waals surface area contributed by atoms with Crippen molar-refractivity contribution < 1.29 is 28.6 Å². The first kappa shape index (κ1) is 21.5. The van der Waals surface area contributed by atoms with Crippen LogP contribution in [0.3, 0.4) is 0 Å². The summed E-state index contributed by atoms with van der Waals surface area (Å²) in [5, 5.41) is 41.1. The molecule has 10 nitrogen and oxygen atoms in total. The predicted octanol–water partition coefficient (Wildman–Crippen LogP) is 1.90. The van der Waals surface area contributed by atoms with Crippen LogP contribution in [0.5, 0.6) is 11.9 Å². The molecule has 0 unspecified atom stereocenters. The SMILES string of the molecule is C/C(=N\N=C(/C)c1c([O-])on[n+]1-c1cccc(Cl)c1)c1c([O-])on[n+]1-c1cccc(Cl)c1. The largest absolute Gasteiger partial charge is 0.539 e. The van der Waals surface area contributed by atoms with Gasteiger partial charge in [0.1, 0.15) is 11.4 Å². The quantitative estimate of drug-likeness (QED) is 0.247. The first-order chi connectivity index (χ1) is 15.3. The molecule has 0 radical (unpaired) electrons. The molecule has 0 aliphatic rings. The van der Waals surface area contributed by atoms with Gasteiger partial charge in [-0.15, -0.1) is 10.2 Å². The van der Waals surface area contributed by atoms with Gasteiger partial charge in [-0.3, -0.25) is 0 Å². The standard InChI is InChI=1S/C20H14Cl2N6O4/c1-11(17-19(29)31-25-27(17)15-7-3-5-13(21)9-15)23-24-12(2)18-20(30)32-26-28(18)16-8-4-6-14(22)10-16/h3-10H,1-2H3. The van der Waals surface area contributed by atoms with Gasteiger partial charge >= 0.3 is 0 Å². The number of rotatable bonds is 5. The number of halogens is 2. The molecule has 0 spiro atoms. The molecule has 0 bridgehead atoms. The Kier molecular flexibility index (Phi) is 5.89. The van der Waals surface area contributed by atoms with Crippen LogP contribution in [-0.2, 0) is 0 Å². The topological polar surface area (TPSA) is 131 Å². The van der Waals surface area contributed by atoms with Crippen molar-refractivity contribution in [3.63, 3.8) is 0 Å². The van der Waals surface area contributed by atoms with E-state index >= 15 is 0 Å². The highest BCUT2D eigenvalue weighted by atomic mass is 35.5. The van der Waals surface area contributed by atoms with Gasteiger partial charge < -0.3 is 19.3 Å². The van der Waals surface area contributed by atoms with Gasteiger partial charge in [-0.05, 0) is 35.3 Å². The smallest absolute Gasteiger partial charge is 0.286 e. The van der Waals surface area contributed by atoms with E-state index in [-0.39, 0.29) is 22.8 Å². The monoisotopic (exact) mass is 472 g/mol. The number of hydrogen-bond donors (Lipinski definition) is 0. The van der Waals surface area contributed by atoms with Crippen molar-refractivity contribution in [1.29, 1.82) is 0 Å². The summed E-state index contributed by atoms with van der Waals surface area (Å²) in [6.07, 6.45) is 0. The van der Waals surface area contributed by atoms with Crippen LogP contribution >= 0.6 is 23.2 Å². The molecule has 0 saturated heterocycles. The summed E-state index contributed by atoms with van der Waals surface area (Å²) < 4.78 is 12.1. The van der Waals surface area contributed by atoms with E-state index in [2.05, 4.69) is 20.7 Å². The van der Waals surface area contributed by atoms with Crippen LogP contribution < -0.4 is 19.6 Å². The van der Waals surface area contributed by atoms with Crippen LogP contribution in [-0.4, -0.2) is 22.0 Å². The highest BCUT2D eigenvalue weighted by Gasteiger charge is 2.25. The molecule has 0 amide bonds. The molecule has 162 valence electrons.